The first-order valence-corrected chi connectivity index (χ1v) is 12.1. The molecular weight excluding hydrogens is 513 g/mol. The van der Waals surface area contributed by atoms with Gasteiger partial charge in [-0.2, -0.15) is 7.11 Å². The maximum atomic E-state index is 12.4. The summed E-state index contributed by atoms with van der Waals surface area (Å²) in [6.07, 6.45) is 5.53. The third-order valence-corrected chi connectivity index (χ3v) is 6.73. The Kier molecular flexibility index (Phi) is 11.0. The van der Waals surface area contributed by atoms with Crippen molar-refractivity contribution < 1.29 is 51.7 Å². The summed E-state index contributed by atoms with van der Waals surface area (Å²) in [7, 11) is 3.53. The molecule has 0 bridgehead atoms. The van der Waals surface area contributed by atoms with Crippen LogP contribution in [0.25, 0.3) is 0 Å². The third-order valence-electron chi connectivity index (χ3n) is 6.73. The van der Waals surface area contributed by atoms with E-state index in [-0.39, 0.29) is 38.7 Å². The van der Waals surface area contributed by atoms with Gasteiger partial charge in [-0.1, -0.05) is 42.5 Å². The van der Waals surface area contributed by atoms with E-state index in [1.807, 2.05) is 48.5 Å². The Morgan fingerprint density at radius 1 is 0.914 bits per heavy atom. The van der Waals surface area contributed by atoms with Gasteiger partial charge in [0.1, 0.15) is 5.75 Å². The minimum absolute atomic E-state index is 0. The van der Waals surface area contributed by atoms with Gasteiger partial charge in [0.15, 0.2) is 0 Å². The molecule has 0 heterocycles. The molecule has 3 atom stereocenters. The number of hydrogen-bond acceptors (Lipinski definition) is 4. The van der Waals surface area contributed by atoms with Crippen LogP contribution in [-0.4, -0.2) is 18.7 Å². The first-order chi connectivity index (χ1) is 16.7. The Morgan fingerprint density at radius 3 is 2.37 bits per heavy atom. The number of aryl methyl sites for hydroxylation is 1. The number of hydrogen-bond donors (Lipinski definition) is 0. The van der Waals surface area contributed by atoms with E-state index < -0.39 is 0 Å². The molecule has 0 N–H and O–H groups in total. The number of carbonyl (C=O) groups is 1. The van der Waals surface area contributed by atoms with Crippen molar-refractivity contribution in [1.29, 1.82) is 0 Å². The fraction of sp³-hybridized carbons (Fsp3) is 0.333. The molecule has 0 aliphatic heterocycles. The summed E-state index contributed by atoms with van der Waals surface area (Å²) in [4.78, 5) is 12.4. The molecule has 0 spiro atoms. The zero-order chi connectivity index (χ0) is 23.8. The molecule has 3 aromatic rings. The van der Waals surface area contributed by atoms with E-state index in [1.54, 1.807) is 12.1 Å². The van der Waals surface area contributed by atoms with Crippen molar-refractivity contribution in [3.8, 4) is 11.5 Å². The fourth-order valence-corrected chi connectivity index (χ4v) is 5.11. The van der Waals surface area contributed by atoms with Gasteiger partial charge in [0.25, 0.3) is 0 Å². The number of esters is 1. The van der Waals surface area contributed by atoms with Crippen LogP contribution >= 0.6 is 0 Å². The predicted molar refractivity (Wildman–Crippen MR) is 134 cm³/mol. The molecule has 0 amide bonds. The number of benzene rings is 3. The molecule has 1 radical (unpaired) electrons. The second-order valence-electron chi connectivity index (χ2n) is 8.93. The molecule has 4 nitrogen and oxygen atoms in total. The first-order valence-electron chi connectivity index (χ1n) is 12.1. The Hall–Kier alpha value is -2.01. The third kappa shape index (κ3) is 7.74. The molecular formula is C30H33O4Y-. The van der Waals surface area contributed by atoms with Gasteiger partial charge in [0.2, 0.25) is 0 Å². The van der Waals surface area contributed by atoms with E-state index in [0.717, 1.165) is 38.0 Å². The summed E-state index contributed by atoms with van der Waals surface area (Å²) in [6, 6.07) is 25.2. The van der Waals surface area contributed by atoms with Crippen LogP contribution < -0.4 is 9.47 Å². The van der Waals surface area contributed by atoms with Crippen molar-refractivity contribution in [2.24, 2.45) is 11.8 Å². The van der Waals surface area contributed by atoms with Crippen LogP contribution in [0.3, 0.4) is 0 Å². The van der Waals surface area contributed by atoms with E-state index in [2.05, 4.69) is 32.2 Å². The molecule has 0 aromatic heterocycles. The SMILES string of the molecule is [CH2-]Oc1cccc(C[C@H]2CCC(OCC)[C@@H]2CCc2cccc(OC(=O)c3ccccc3)c2)c1.[Y]. The monoisotopic (exact) mass is 546 g/mol. The van der Waals surface area contributed by atoms with Gasteiger partial charge in [-0.3, -0.25) is 0 Å². The normalized spacial score (nSPS) is 19.1. The van der Waals surface area contributed by atoms with Crippen molar-refractivity contribution >= 4 is 5.97 Å². The molecule has 0 saturated heterocycles. The van der Waals surface area contributed by atoms with Crippen LogP contribution in [-0.2, 0) is 50.3 Å². The average Bonchev–Trinajstić information content (AvgIpc) is 3.24. The summed E-state index contributed by atoms with van der Waals surface area (Å²) in [5.74, 6) is 2.10. The van der Waals surface area contributed by atoms with Crippen molar-refractivity contribution in [3.05, 3.63) is 103 Å². The molecule has 181 valence electrons. The molecule has 5 heteroatoms. The Morgan fingerprint density at radius 2 is 1.63 bits per heavy atom. The van der Waals surface area contributed by atoms with Crippen LogP contribution in [0.4, 0.5) is 0 Å². The van der Waals surface area contributed by atoms with Gasteiger partial charge in [-0.15, -0.1) is 0 Å². The largest absolute Gasteiger partial charge is 0.665 e. The molecule has 1 aliphatic carbocycles. The minimum Gasteiger partial charge on any atom is -0.665 e. The topological polar surface area (TPSA) is 44.8 Å². The second-order valence-corrected chi connectivity index (χ2v) is 8.93. The standard InChI is InChI=1S/C30H33O4.Y/c1-3-33-29-18-16-25(19-23-10-8-13-26(21-23)32-2)28(29)17-15-22-9-7-14-27(20-22)34-30(31)24-11-5-4-6-12-24;/h4-14,20-21,25,28-29H,2-3,15-19H2,1H3;/q-1;/t25-,28-,29?;/m1./s1. The van der Waals surface area contributed by atoms with Gasteiger partial charge in [0.05, 0.1) is 17.4 Å². The van der Waals surface area contributed by atoms with Crippen molar-refractivity contribution in [2.75, 3.05) is 6.61 Å². The average molecular weight is 546 g/mol. The quantitative estimate of drug-likeness (QED) is 0.162. The number of rotatable bonds is 10. The molecule has 3 aromatic carbocycles. The van der Waals surface area contributed by atoms with Crippen molar-refractivity contribution in [2.45, 2.75) is 45.1 Å². The van der Waals surface area contributed by atoms with Gasteiger partial charge in [-0.25, -0.2) is 4.79 Å². The van der Waals surface area contributed by atoms with Gasteiger partial charge >= 0.3 is 5.97 Å². The molecule has 1 fully saturated rings. The van der Waals surface area contributed by atoms with Crippen LogP contribution in [0, 0.1) is 18.9 Å². The summed E-state index contributed by atoms with van der Waals surface area (Å²) in [6.45, 7) is 2.81. The fourth-order valence-electron chi connectivity index (χ4n) is 5.11. The molecule has 1 aliphatic rings. The maximum absolute atomic E-state index is 12.4. The van der Waals surface area contributed by atoms with Crippen LogP contribution in [0.5, 0.6) is 11.5 Å². The summed E-state index contributed by atoms with van der Waals surface area (Å²) in [5.41, 5.74) is 3.00. The maximum Gasteiger partial charge on any atom is 0.343 e. The van der Waals surface area contributed by atoms with Gasteiger partial charge in [0, 0.05) is 39.3 Å². The van der Waals surface area contributed by atoms with E-state index in [0.29, 0.717) is 29.3 Å². The second kappa shape index (κ2) is 13.9. The van der Waals surface area contributed by atoms with E-state index >= 15 is 0 Å². The molecule has 4 rings (SSSR count). The summed E-state index contributed by atoms with van der Waals surface area (Å²) in [5, 5.41) is 0. The van der Waals surface area contributed by atoms with Crippen LogP contribution in [0.1, 0.15) is 47.7 Å². The van der Waals surface area contributed by atoms with Crippen molar-refractivity contribution in [1.82, 2.24) is 0 Å². The van der Waals surface area contributed by atoms with E-state index in [4.69, 9.17) is 14.2 Å². The number of ether oxygens (including phenoxy) is 3. The Balaban J connectivity index is 0.00000342. The number of carbonyl (C=O) groups excluding carboxylic acids is 1. The summed E-state index contributed by atoms with van der Waals surface area (Å²) >= 11 is 0. The van der Waals surface area contributed by atoms with Crippen LogP contribution in [0.2, 0.25) is 0 Å². The first kappa shape index (κ1) is 27.6. The Labute approximate surface area is 234 Å². The van der Waals surface area contributed by atoms with E-state index in [1.165, 1.54) is 17.5 Å². The van der Waals surface area contributed by atoms with Gasteiger partial charge < -0.3 is 14.2 Å². The van der Waals surface area contributed by atoms with Crippen molar-refractivity contribution in [3.63, 3.8) is 0 Å². The predicted octanol–water partition coefficient (Wildman–Crippen LogP) is 6.68. The summed E-state index contributed by atoms with van der Waals surface area (Å²) < 4.78 is 16.9. The smallest absolute Gasteiger partial charge is 0.343 e. The minimum atomic E-state index is -0.335. The van der Waals surface area contributed by atoms with Gasteiger partial charge in [-0.05, 0) is 98.4 Å². The molecule has 1 unspecified atom stereocenters. The zero-order valence-corrected chi connectivity index (χ0v) is 23.2. The van der Waals surface area contributed by atoms with E-state index in [9.17, 15) is 4.79 Å². The Bertz CT molecular complexity index is 1070. The zero-order valence-electron chi connectivity index (χ0n) is 20.4. The van der Waals surface area contributed by atoms with Crippen LogP contribution in [0.15, 0.2) is 78.9 Å². The molecule has 35 heavy (non-hydrogen) atoms. The molecule has 1 saturated carbocycles.